The Balaban J connectivity index is 1.69. The number of anilines is 1. The predicted molar refractivity (Wildman–Crippen MR) is 127 cm³/mol. The van der Waals surface area contributed by atoms with Gasteiger partial charge in [0.2, 0.25) is 0 Å². The van der Waals surface area contributed by atoms with Gasteiger partial charge in [-0.25, -0.2) is 19.4 Å². The van der Waals surface area contributed by atoms with E-state index in [1.165, 1.54) is 6.42 Å². The van der Waals surface area contributed by atoms with Crippen LogP contribution in [0.1, 0.15) is 59.9 Å². The average Bonchev–Trinajstić information content (AvgIpc) is 3.11. The molecular formula is C24H28ClN5O3. The molecule has 0 aromatic carbocycles. The van der Waals surface area contributed by atoms with Crippen LogP contribution in [-0.4, -0.2) is 57.6 Å². The number of nitrogens with zero attached hydrogens (tertiary/aromatic N) is 5. The van der Waals surface area contributed by atoms with E-state index in [-0.39, 0.29) is 5.69 Å². The van der Waals surface area contributed by atoms with E-state index in [0.717, 1.165) is 73.5 Å². The molecule has 3 aromatic heterocycles. The van der Waals surface area contributed by atoms with E-state index >= 15 is 0 Å². The summed E-state index contributed by atoms with van der Waals surface area (Å²) >= 11 is 6.25. The molecule has 174 valence electrons. The SMILES string of the molecule is COCC1CCN(c2cc(C(=O)O)nc3c2c(C2CCC2)nn3-c2cc(C)nc(Cl)c2)CC1. The first-order valence-electron chi connectivity index (χ1n) is 11.5. The van der Waals surface area contributed by atoms with Gasteiger partial charge in [0, 0.05) is 44.5 Å². The third-order valence-corrected chi connectivity index (χ3v) is 7.06. The van der Waals surface area contributed by atoms with E-state index in [0.29, 0.717) is 22.6 Å². The van der Waals surface area contributed by atoms with Crippen LogP contribution in [0.2, 0.25) is 5.15 Å². The summed E-state index contributed by atoms with van der Waals surface area (Å²) in [6, 6.07) is 5.37. The number of halogens is 1. The fraction of sp³-hybridized carbons (Fsp3) is 0.500. The number of carbonyl (C=O) groups is 1. The van der Waals surface area contributed by atoms with E-state index < -0.39 is 5.97 Å². The number of carboxylic acids is 1. The van der Waals surface area contributed by atoms with Gasteiger partial charge in [0.1, 0.15) is 5.15 Å². The second kappa shape index (κ2) is 8.91. The Morgan fingerprint density at radius 2 is 1.94 bits per heavy atom. The van der Waals surface area contributed by atoms with Crippen LogP contribution in [0.4, 0.5) is 5.69 Å². The van der Waals surface area contributed by atoms with Gasteiger partial charge in [-0.2, -0.15) is 5.10 Å². The van der Waals surface area contributed by atoms with E-state index in [9.17, 15) is 9.90 Å². The lowest BCUT2D eigenvalue weighted by molar-refractivity contribution is 0.0691. The normalized spacial score (nSPS) is 17.5. The topological polar surface area (TPSA) is 93.4 Å². The molecule has 2 fully saturated rings. The summed E-state index contributed by atoms with van der Waals surface area (Å²) in [5.74, 6) is -0.165. The number of aryl methyl sites for hydroxylation is 1. The van der Waals surface area contributed by atoms with Crippen LogP contribution in [0.25, 0.3) is 16.7 Å². The molecule has 1 saturated heterocycles. The molecule has 2 aliphatic rings. The van der Waals surface area contributed by atoms with Crippen LogP contribution in [-0.2, 0) is 4.74 Å². The minimum Gasteiger partial charge on any atom is -0.477 e. The van der Waals surface area contributed by atoms with Crippen LogP contribution in [0, 0.1) is 12.8 Å². The molecule has 1 N–H and O–H groups in total. The largest absolute Gasteiger partial charge is 0.477 e. The van der Waals surface area contributed by atoms with Crippen molar-refractivity contribution in [3.05, 3.63) is 40.4 Å². The van der Waals surface area contributed by atoms with Gasteiger partial charge >= 0.3 is 5.97 Å². The number of hydrogen-bond donors (Lipinski definition) is 1. The third-order valence-electron chi connectivity index (χ3n) is 6.86. The lowest BCUT2D eigenvalue weighted by atomic mass is 9.82. The number of hydrogen-bond acceptors (Lipinski definition) is 6. The number of ether oxygens (including phenoxy) is 1. The van der Waals surface area contributed by atoms with Gasteiger partial charge in [0.15, 0.2) is 11.3 Å². The Morgan fingerprint density at radius 3 is 2.55 bits per heavy atom. The molecule has 0 bridgehead atoms. The van der Waals surface area contributed by atoms with Crippen LogP contribution in [0.3, 0.4) is 0 Å². The second-order valence-electron chi connectivity index (χ2n) is 9.13. The fourth-order valence-electron chi connectivity index (χ4n) is 4.94. The smallest absolute Gasteiger partial charge is 0.354 e. The number of aromatic nitrogens is 4. The Hall–Kier alpha value is -2.71. The monoisotopic (exact) mass is 469 g/mol. The number of pyridine rings is 2. The molecule has 9 heteroatoms. The summed E-state index contributed by atoms with van der Waals surface area (Å²) < 4.78 is 7.10. The van der Waals surface area contributed by atoms with Gasteiger partial charge in [-0.05, 0) is 50.7 Å². The van der Waals surface area contributed by atoms with Gasteiger partial charge in [0.05, 0.1) is 22.5 Å². The maximum Gasteiger partial charge on any atom is 0.354 e. The Morgan fingerprint density at radius 1 is 1.18 bits per heavy atom. The summed E-state index contributed by atoms with van der Waals surface area (Å²) in [4.78, 5) is 23.1. The summed E-state index contributed by atoms with van der Waals surface area (Å²) in [5, 5.41) is 16.2. The van der Waals surface area contributed by atoms with E-state index in [2.05, 4.69) is 14.9 Å². The molecule has 0 amide bonds. The molecule has 0 atom stereocenters. The summed E-state index contributed by atoms with van der Waals surface area (Å²) in [7, 11) is 1.74. The zero-order valence-electron chi connectivity index (χ0n) is 18.9. The zero-order chi connectivity index (χ0) is 23.1. The minimum absolute atomic E-state index is 0.0229. The lowest BCUT2D eigenvalue weighted by Gasteiger charge is -2.34. The molecular weight excluding hydrogens is 442 g/mol. The van der Waals surface area contributed by atoms with Crippen molar-refractivity contribution in [2.24, 2.45) is 5.92 Å². The molecule has 1 aliphatic heterocycles. The Labute approximate surface area is 197 Å². The second-order valence-corrected chi connectivity index (χ2v) is 9.52. The van der Waals surface area contributed by atoms with Crippen molar-refractivity contribution in [2.75, 3.05) is 31.7 Å². The van der Waals surface area contributed by atoms with E-state index in [4.69, 9.17) is 21.4 Å². The van der Waals surface area contributed by atoms with Gasteiger partial charge in [-0.15, -0.1) is 0 Å². The molecule has 1 aliphatic carbocycles. The Kier molecular flexibility index (Phi) is 5.97. The molecule has 0 spiro atoms. The van der Waals surface area contributed by atoms with Crippen LogP contribution in [0.15, 0.2) is 18.2 Å². The van der Waals surface area contributed by atoms with Gasteiger partial charge in [-0.3, -0.25) is 0 Å². The zero-order valence-corrected chi connectivity index (χ0v) is 19.7. The highest BCUT2D eigenvalue weighted by Crippen LogP contribution is 2.43. The van der Waals surface area contributed by atoms with Gasteiger partial charge in [0.25, 0.3) is 0 Å². The van der Waals surface area contributed by atoms with Crippen molar-refractivity contribution < 1.29 is 14.6 Å². The van der Waals surface area contributed by atoms with Crippen LogP contribution in [0.5, 0.6) is 0 Å². The lowest BCUT2D eigenvalue weighted by Crippen LogP contribution is -2.35. The standard InChI is InChI=1S/C24H28ClN5O3/c1-14-10-17(11-20(25)26-14)30-23-21(22(28-30)16-4-3-5-16)19(12-18(27-23)24(31)32)29-8-6-15(7-9-29)13-33-2/h10-12,15-16H,3-9,13H2,1-2H3,(H,31,32). The van der Waals surface area contributed by atoms with Crippen molar-refractivity contribution in [3.63, 3.8) is 0 Å². The molecule has 4 heterocycles. The highest BCUT2D eigenvalue weighted by Gasteiger charge is 2.31. The predicted octanol–water partition coefficient (Wildman–Crippen LogP) is 4.61. The summed E-state index contributed by atoms with van der Waals surface area (Å²) in [5.41, 5.74) is 4.00. The first kappa shape index (κ1) is 22.1. The van der Waals surface area contributed by atoms with Crippen molar-refractivity contribution in [2.45, 2.75) is 44.9 Å². The van der Waals surface area contributed by atoms with Crippen molar-refractivity contribution in [1.82, 2.24) is 19.7 Å². The quantitative estimate of drug-likeness (QED) is 0.527. The van der Waals surface area contributed by atoms with Crippen LogP contribution >= 0.6 is 11.6 Å². The van der Waals surface area contributed by atoms with E-state index in [1.807, 2.05) is 13.0 Å². The highest BCUT2D eigenvalue weighted by molar-refractivity contribution is 6.29. The van der Waals surface area contributed by atoms with Gasteiger partial charge < -0.3 is 14.7 Å². The number of methoxy groups -OCH3 is 1. The summed E-state index contributed by atoms with van der Waals surface area (Å²) in [6.45, 7) is 4.33. The van der Waals surface area contributed by atoms with Crippen molar-refractivity contribution >= 4 is 34.3 Å². The van der Waals surface area contributed by atoms with Crippen LogP contribution < -0.4 is 4.90 Å². The fourth-order valence-corrected chi connectivity index (χ4v) is 5.18. The molecule has 5 rings (SSSR count). The average molecular weight is 470 g/mol. The molecule has 3 aromatic rings. The molecule has 8 nitrogen and oxygen atoms in total. The van der Waals surface area contributed by atoms with Crippen molar-refractivity contribution in [1.29, 1.82) is 0 Å². The van der Waals surface area contributed by atoms with Gasteiger partial charge in [-0.1, -0.05) is 18.0 Å². The number of aromatic carboxylic acids is 1. The first-order valence-corrected chi connectivity index (χ1v) is 11.9. The maximum atomic E-state index is 12.0. The van der Waals surface area contributed by atoms with E-state index in [1.54, 1.807) is 23.9 Å². The molecule has 33 heavy (non-hydrogen) atoms. The summed E-state index contributed by atoms with van der Waals surface area (Å²) in [6.07, 6.45) is 5.35. The molecule has 1 saturated carbocycles. The molecule has 0 radical (unpaired) electrons. The minimum atomic E-state index is -1.05. The highest BCUT2D eigenvalue weighted by atomic mass is 35.5. The maximum absolute atomic E-state index is 12.0. The number of rotatable bonds is 6. The molecule has 0 unspecified atom stereocenters. The first-order chi connectivity index (χ1) is 15.9. The Bertz CT molecular complexity index is 1180. The number of fused-ring (bicyclic) bond motifs is 1. The number of piperidine rings is 1. The number of carboxylic acid groups (broad SMARTS) is 1. The third kappa shape index (κ3) is 4.17. The van der Waals surface area contributed by atoms with Crippen molar-refractivity contribution in [3.8, 4) is 5.69 Å².